The van der Waals surface area contributed by atoms with E-state index in [0.717, 1.165) is 6.07 Å². The van der Waals surface area contributed by atoms with Crippen LogP contribution in [0.4, 0.5) is 8.78 Å². The molecule has 2 atom stereocenters. The zero-order chi connectivity index (χ0) is 10.3. The molecule has 72 valence electrons. The van der Waals surface area contributed by atoms with E-state index in [-0.39, 0.29) is 0 Å². The molecule has 1 aromatic rings. The maximum atomic E-state index is 12.8. The average molecular weight is 195 g/mol. The van der Waals surface area contributed by atoms with Crippen LogP contribution in [0.5, 0.6) is 0 Å². The lowest BCUT2D eigenvalue weighted by molar-refractivity contribution is 0.320. The summed E-state index contributed by atoms with van der Waals surface area (Å²) < 4.78 is 30.7. The van der Waals surface area contributed by atoms with Crippen LogP contribution in [0.25, 0.3) is 0 Å². The van der Waals surface area contributed by atoms with Crippen LogP contribution in [0.2, 0.25) is 0 Å². The predicted octanol–water partition coefficient (Wildman–Crippen LogP) is 2.10. The second-order valence-electron chi connectivity index (χ2n) is 3.39. The first-order valence-electron chi connectivity index (χ1n) is 4.10. The highest BCUT2D eigenvalue weighted by Crippen LogP contribution is 2.45. The van der Waals surface area contributed by atoms with Crippen molar-refractivity contribution >= 4 is 0 Å². The number of hydrogen-bond acceptors (Lipinski definition) is 2. The van der Waals surface area contributed by atoms with E-state index in [1.807, 2.05) is 6.07 Å². The molecule has 1 saturated heterocycles. The van der Waals surface area contributed by atoms with E-state index < -0.39 is 23.3 Å². The zero-order valence-electron chi connectivity index (χ0n) is 7.42. The third-order valence-corrected chi connectivity index (χ3v) is 2.36. The number of rotatable bonds is 1. The van der Waals surface area contributed by atoms with Crippen LogP contribution in [-0.2, 0) is 10.3 Å². The van der Waals surface area contributed by atoms with Gasteiger partial charge in [-0.15, -0.1) is 0 Å². The SMILES string of the molecule is CC1(c2cc(F)cc(F)c2)OC1C#N. The molecule has 1 aliphatic heterocycles. The molecule has 2 rings (SSSR count). The Morgan fingerprint density at radius 3 is 2.36 bits per heavy atom. The third kappa shape index (κ3) is 1.26. The molecule has 1 fully saturated rings. The highest BCUT2D eigenvalue weighted by molar-refractivity contribution is 5.32. The normalized spacial score (nSPS) is 29.7. The van der Waals surface area contributed by atoms with E-state index in [2.05, 4.69) is 0 Å². The van der Waals surface area contributed by atoms with E-state index in [9.17, 15) is 8.78 Å². The van der Waals surface area contributed by atoms with Gasteiger partial charge in [0.2, 0.25) is 0 Å². The molecule has 0 spiro atoms. The van der Waals surface area contributed by atoms with Gasteiger partial charge in [-0.1, -0.05) is 0 Å². The Labute approximate surface area is 79.7 Å². The number of hydrogen-bond donors (Lipinski definition) is 0. The summed E-state index contributed by atoms with van der Waals surface area (Å²) in [6, 6.07) is 5.05. The van der Waals surface area contributed by atoms with Gasteiger partial charge in [0.05, 0.1) is 6.07 Å². The summed E-state index contributed by atoms with van der Waals surface area (Å²) in [7, 11) is 0. The largest absolute Gasteiger partial charge is 0.345 e. The molecule has 2 nitrogen and oxygen atoms in total. The van der Waals surface area contributed by atoms with Gasteiger partial charge in [0.15, 0.2) is 6.10 Å². The van der Waals surface area contributed by atoms with Crippen LogP contribution in [-0.4, -0.2) is 6.10 Å². The van der Waals surface area contributed by atoms with Gasteiger partial charge < -0.3 is 4.74 Å². The van der Waals surface area contributed by atoms with Crippen LogP contribution in [0.1, 0.15) is 12.5 Å². The molecule has 14 heavy (non-hydrogen) atoms. The van der Waals surface area contributed by atoms with Gasteiger partial charge in [0, 0.05) is 6.07 Å². The number of ether oxygens (including phenoxy) is 1. The monoisotopic (exact) mass is 195 g/mol. The van der Waals surface area contributed by atoms with Crippen LogP contribution < -0.4 is 0 Å². The number of nitriles is 1. The number of halogens is 2. The summed E-state index contributed by atoms with van der Waals surface area (Å²) in [4.78, 5) is 0. The molecule has 0 bridgehead atoms. The fourth-order valence-electron chi connectivity index (χ4n) is 1.42. The van der Waals surface area contributed by atoms with Crippen LogP contribution in [0.15, 0.2) is 18.2 Å². The molecular formula is C10H7F2NO. The topological polar surface area (TPSA) is 36.3 Å². The average Bonchev–Trinajstić information content (AvgIpc) is 2.77. The molecule has 2 unspecified atom stereocenters. The maximum Gasteiger partial charge on any atom is 0.178 e. The van der Waals surface area contributed by atoms with E-state index in [0.29, 0.717) is 5.56 Å². The van der Waals surface area contributed by atoms with Crippen molar-refractivity contribution in [2.75, 3.05) is 0 Å². The van der Waals surface area contributed by atoms with Crippen LogP contribution in [0, 0.1) is 23.0 Å². The number of benzene rings is 1. The first-order chi connectivity index (χ1) is 6.56. The summed E-state index contributed by atoms with van der Waals surface area (Å²) in [5.74, 6) is -1.32. The molecule has 0 amide bonds. The Bertz CT molecular complexity index is 406. The van der Waals surface area contributed by atoms with Gasteiger partial charge in [-0.2, -0.15) is 5.26 Å². The lowest BCUT2D eigenvalue weighted by atomic mass is 9.98. The summed E-state index contributed by atoms with van der Waals surface area (Å²) in [5, 5.41) is 8.58. The third-order valence-electron chi connectivity index (χ3n) is 2.36. The molecule has 1 heterocycles. The van der Waals surface area contributed by atoms with Crippen molar-refractivity contribution in [3.8, 4) is 6.07 Å². The van der Waals surface area contributed by atoms with E-state index in [4.69, 9.17) is 10.00 Å². The number of nitrogens with zero attached hydrogens (tertiary/aromatic N) is 1. The standard InChI is InChI=1S/C10H7F2NO/c1-10(9(5-13)14-10)6-2-7(11)4-8(12)3-6/h2-4,9H,1H3. The van der Waals surface area contributed by atoms with Gasteiger partial charge in [-0.25, -0.2) is 8.78 Å². The summed E-state index contributed by atoms with van der Waals surface area (Å²) >= 11 is 0. The van der Waals surface area contributed by atoms with Gasteiger partial charge in [-0.05, 0) is 24.6 Å². The van der Waals surface area contributed by atoms with Crippen molar-refractivity contribution in [3.05, 3.63) is 35.4 Å². The van der Waals surface area contributed by atoms with E-state index >= 15 is 0 Å². The molecule has 0 aliphatic carbocycles. The van der Waals surface area contributed by atoms with Crippen LogP contribution >= 0.6 is 0 Å². The molecular weight excluding hydrogens is 188 g/mol. The first-order valence-corrected chi connectivity index (χ1v) is 4.10. The Morgan fingerprint density at radius 1 is 1.36 bits per heavy atom. The lowest BCUT2D eigenvalue weighted by Gasteiger charge is -2.05. The van der Waals surface area contributed by atoms with Crippen molar-refractivity contribution in [1.82, 2.24) is 0 Å². The highest BCUT2D eigenvalue weighted by Gasteiger charge is 2.54. The molecule has 0 aromatic heterocycles. The minimum atomic E-state index is -0.850. The van der Waals surface area contributed by atoms with Gasteiger partial charge >= 0.3 is 0 Å². The fraction of sp³-hybridized carbons (Fsp3) is 0.300. The van der Waals surface area contributed by atoms with Gasteiger partial charge in [0.25, 0.3) is 0 Å². The van der Waals surface area contributed by atoms with Crippen molar-refractivity contribution in [2.24, 2.45) is 0 Å². The Hall–Kier alpha value is -1.47. The smallest absolute Gasteiger partial charge is 0.178 e. The Morgan fingerprint density at radius 2 is 1.93 bits per heavy atom. The summed E-state index contributed by atoms with van der Waals surface area (Å²) in [5.41, 5.74) is -0.487. The van der Waals surface area contributed by atoms with Crippen LogP contribution in [0.3, 0.4) is 0 Å². The number of epoxide rings is 1. The van der Waals surface area contributed by atoms with Gasteiger partial charge in [-0.3, -0.25) is 0 Å². The summed E-state index contributed by atoms with van der Waals surface area (Å²) in [6.07, 6.45) is -0.608. The zero-order valence-corrected chi connectivity index (χ0v) is 7.42. The second-order valence-corrected chi connectivity index (χ2v) is 3.39. The van der Waals surface area contributed by atoms with Crippen molar-refractivity contribution in [1.29, 1.82) is 5.26 Å². The fourth-order valence-corrected chi connectivity index (χ4v) is 1.42. The molecule has 4 heteroatoms. The van der Waals surface area contributed by atoms with Gasteiger partial charge in [0.1, 0.15) is 17.2 Å². The Balaban J connectivity index is 2.40. The van der Waals surface area contributed by atoms with Crippen molar-refractivity contribution in [2.45, 2.75) is 18.6 Å². The minimum Gasteiger partial charge on any atom is -0.345 e. The maximum absolute atomic E-state index is 12.8. The quantitative estimate of drug-likeness (QED) is 0.643. The highest BCUT2D eigenvalue weighted by atomic mass is 19.1. The molecule has 0 saturated carbocycles. The summed E-state index contributed by atoms with van der Waals surface area (Å²) in [6.45, 7) is 1.63. The molecule has 1 aromatic carbocycles. The lowest BCUT2D eigenvalue weighted by Crippen LogP contribution is -2.07. The van der Waals surface area contributed by atoms with Crippen molar-refractivity contribution < 1.29 is 13.5 Å². The van der Waals surface area contributed by atoms with E-state index in [1.54, 1.807) is 6.92 Å². The van der Waals surface area contributed by atoms with E-state index in [1.165, 1.54) is 12.1 Å². The molecule has 1 aliphatic rings. The second kappa shape index (κ2) is 2.76. The van der Waals surface area contributed by atoms with Crippen molar-refractivity contribution in [3.63, 3.8) is 0 Å². The Kier molecular flexibility index (Phi) is 1.79. The molecule has 0 radical (unpaired) electrons. The minimum absolute atomic E-state index is 0.363. The molecule has 0 N–H and O–H groups in total. The predicted molar refractivity (Wildman–Crippen MR) is 44.2 cm³/mol. The first kappa shape index (κ1) is 9.10.